The molecule has 3 aromatic rings. The molecule has 0 heterocycles. The highest BCUT2D eigenvalue weighted by atomic mass is 35.5. The molecule has 0 aromatic heterocycles. The summed E-state index contributed by atoms with van der Waals surface area (Å²) in [5.74, 6) is -1.68. The maximum atomic E-state index is 14.0. The number of carbonyl (C=O) groups is 2. The molecule has 7 nitrogen and oxygen atoms in total. The molecular weight excluding hydrogens is 553 g/mol. The van der Waals surface area contributed by atoms with Gasteiger partial charge in [0.05, 0.1) is 17.0 Å². The van der Waals surface area contributed by atoms with Crippen molar-refractivity contribution in [2.24, 2.45) is 0 Å². The number of nitrogens with one attached hydrogen (secondary N) is 1. The first-order chi connectivity index (χ1) is 18.6. The number of anilines is 1. The molecule has 0 radical (unpaired) electrons. The highest BCUT2D eigenvalue weighted by molar-refractivity contribution is 7.92. The standard InChI is InChI=1S/C30H35ClFN3O4S/c1-21-11-13-23(14-12-21)19-34(27(29(37)33-30(2,3)4)17-22-9-7-6-8-10-22)28(36)20-35(40(5,38)39)24-15-16-26(32)25(31)18-24/h6-16,18,27H,17,19-20H2,1-5H3,(H,33,37)/t27-/m0/s1. The fourth-order valence-electron chi connectivity index (χ4n) is 4.15. The predicted octanol–water partition coefficient (Wildman–Crippen LogP) is 5.11. The fourth-order valence-corrected chi connectivity index (χ4v) is 5.17. The number of benzene rings is 3. The first-order valence-electron chi connectivity index (χ1n) is 12.8. The van der Waals surface area contributed by atoms with E-state index in [1.165, 1.54) is 11.0 Å². The van der Waals surface area contributed by atoms with Gasteiger partial charge < -0.3 is 10.2 Å². The molecule has 3 aromatic carbocycles. The highest BCUT2D eigenvalue weighted by Crippen LogP contribution is 2.25. The lowest BCUT2D eigenvalue weighted by atomic mass is 10.0. The monoisotopic (exact) mass is 587 g/mol. The number of aryl methyl sites for hydroxylation is 1. The average molecular weight is 588 g/mol. The normalized spacial score (nSPS) is 12.5. The summed E-state index contributed by atoms with van der Waals surface area (Å²) < 4.78 is 40.3. The Morgan fingerprint density at radius 3 is 2.15 bits per heavy atom. The number of nitrogens with zero attached hydrogens (tertiary/aromatic N) is 2. The van der Waals surface area contributed by atoms with Crippen molar-refractivity contribution < 1.29 is 22.4 Å². The lowest BCUT2D eigenvalue weighted by Gasteiger charge is -2.35. The number of halogens is 2. The summed E-state index contributed by atoms with van der Waals surface area (Å²) >= 11 is 5.93. The highest BCUT2D eigenvalue weighted by Gasteiger charge is 2.34. The zero-order chi connectivity index (χ0) is 29.7. The van der Waals surface area contributed by atoms with Crippen molar-refractivity contribution in [1.82, 2.24) is 10.2 Å². The SMILES string of the molecule is Cc1ccc(CN(C(=O)CN(c2ccc(F)c(Cl)c2)S(C)(=O)=O)[C@@H](Cc2ccccc2)C(=O)NC(C)(C)C)cc1. The first-order valence-corrected chi connectivity index (χ1v) is 15.0. The Morgan fingerprint density at radius 2 is 1.60 bits per heavy atom. The van der Waals surface area contributed by atoms with E-state index in [9.17, 15) is 22.4 Å². The second-order valence-electron chi connectivity index (χ2n) is 10.8. The number of hydrogen-bond donors (Lipinski definition) is 1. The van der Waals surface area contributed by atoms with Crippen LogP contribution < -0.4 is 9.62 Å². The molecule has 0 aliphatic carbocycles. The summed E-state index contributed by atoms with van der Waals surface area (Å²) in [4.78, 5) is 29.1. The zero-order valence-corrected chi connectivity index (χ0v) is 24.9. The second kappa shape index (κ2) is 12.8. The summed E-state index contributed by atoms with van der Waals surface area (Å²) in [7, 11) is -3.98. The lowest BCUT2D eigenvalue weighted by Crippen LogP contribution is -2.56. The predicted molar refractivity (Wildman–Crippen MR) is 157 cm³/mol. The Hall–Kier alpha value is -3.43. The number of amides is 2. The molecule has 0 aliphatic rings. The third-order valence-corrected chi connectivity index (χ3v) is 7.54. The van der Waals surface area contributed by atoms with Crippen LogP contribution in [-0.2, 0) is 32.6 Å². The number of hydrogen-bond acceptors (Lipinski definition) is 4. The van der Waals surface area contributed by atoms with Gasteiger partial charge in [-0.1, -0.05) is 71.8 Å². The van der Waals surface area contributed by atoms with Gasteiger partial charge in [0.25, 0.3) is 0 Å². The summed E-state index contributed by atoms with van der Waals surface area (Å²) in [6, 6.07) is 19.3. The van der Waals surface area contributed by atoms with Gasteiger partial charge in [-0.25, -0.2) is 12.8 Å². The number of rotatable bonds is 10. The van der Waals surface area contributed by atoms with E-state index in [2.05, 4.69) is 5.32 Å². The van der Waals surface area contributed by atoms with Crippen LogP contribution in [-0.4, -0.2) is 49.5 Å². The molecule has 10 heteroatoms. The molecule has 0 saturated carbocycles. The molecule has 0 unspecified atom stereocenters. The van der Waals surface area contributed by atoms with Gasteiger partial charge in [0.2, 0.25) is 21.8 Å². The van der Waals surface area contributed by atoms with E-state index in [1.54, 1.807) is 0 Å². The van der Waals surface area contributed by atoms with Crippen LogP contribution in [0.5, 0.6) is 0 Å². The summed E-state index contributed by atoms with van der Waals surface area (Å²) in [5.41, 5.74) is 2.11. The van der Waals surface area contributed by atoms with Crippen LogP contribution >= 0.6 is 11.6 Å². The third-order valence-electron chi connectivity index (χ3n) is 6.11. The molecule has 0 aliphatic heterocycles. The molecular formula is C30H35ClFN3O4S. The van der Waals surface area contributed by atoms with Crippen LogP contribution in [0.15, 0.2) is 72.8 Å². The Balaban J connectivity index is 2.08. The van der Waals surface area contributed by atoms with Gasteiger partial charge >= 0.3 is 0 Å². The summed E-state index contributed by atoms with van der Waals surface area (Å²) in [6.45, 7) is 6.94. The quantitative estimate of drug-likeness (QED) is 0.357. The molecule has 1 N–H and O–H groups in total. The van der Waals surface area contributed by atoms with E-state index < -0.39 is 39.9 Å². The topological polar surface area (TPSA) is 86.8 Å². The minimum atomic E-state index is -3.98. The van der Waals surface area contributed by atoms with Gasteiger partial charge in [-0.15, -0.1) is 0 Å². The van der Waals surface area contributed by atoms with Gasteiger partial charge in [-0.2, -0.15) is 0 Å². The second-order valence-corrected chi connectivity index (χ2v) is 13.1. The van der Waals surface area contributed by atoms with E-state index in [0.29, 0.717) is 0 Å². The fraction of sp³-hybridized carbons (Fsp3) is 0.333. The van der Waals surface area contributed by atoms with Crippen LogP contribution in [0, 0.1) is 12.7 Å². The minimum absolute atomic E-state index is 0.0382. The maximum absolute atomic E-state index is 14.0. The van der Waals surface area contributed by atoms with Crippen LogP contribution in [0.2, 0.25) is 5.02 Å². The van der Waals surface area contributed by atoms with E-state index in [-0.39, 0.29) is 29.6 Å². The summed E-state index contributed by atoms with van der Waals surface area (Å²) in [5, 5.41) is 2.70. The molecule has 40 heavy (non-hydrogen) atoms. The Kier molecular flexibility index (Phi) is 9.97. The van der Waals surface area contributed by atoms with E-state index in [1.807, 2.05) is 82.3 Å². The summed E-state index contributed by atoms with van der Waals surface area (Å²) in [6.07, 6.45) is 1.16. The molecule has 0 bridgehead atoms. The maximum Gasteiger partial charge on any atom is 0.244 e. The lowest BCUT2D eigenvalue weighted by molar-refractivity contribution is -0.140. The van der Waals surface area contributed by atoms with Gasteiger partial charge in [0, 0.05) is 18.5 Å². The van der Waals surface area contributed by atoms with Gasteiger partial charge in [-0.05, 0) is 57.0 Å². The van der Waals surface area contributed by atoms with Crippen molar-refractivity contribution in [1.29, 1.82) is 0 Å². The minimum Gasteiger partial charge on any atom is -0.350 e. The first kappa shape index (κ1) is 31.1. The molecule has 3 rings (SSSR count). The van der Waals surface area contributed by atoms with Crippen LogP contribution in [0.4, 0.5) is 10.1 Å². The largest absolute Gasteiger partial charge is 0.350 e. The van der Waals surface area contributed by atoms with Gasteiger partial charge in [-0.3, -0.25) is 13.9 Å². The van der Waals surface area contributed by atoms with Crippen molar-refractivity contribution in [2.45, 2.75) is 52.2 Å². The van der Waals surface area contributed by atoms with Crippen molar-refractivity contribution in [3.05, 3.63) is 100 Å². The van der Waals surface area contributed by atoms with Gasteiger partial charge in [0.15, 0.2) is 0 Å². The number of carbonyl (C=O) groups excluding carboxylic acids is 2. The smallest absolute Gasteiger partial charge is 0.244 e. The van der Waals surface area contributed by atoms with Crippen LogP contribution in [0.3, 0.4) is 0 Å². The molecule has 2 amide bonds. The van der Waals surface area contributed by atoms with Crippen molar-refractivity contribution >= 4 is 39.1 Å². The molecule has 0 fully saturated rings. The Morgan fingerprint density at radius 1 is 0.975 bits per heavy atom. The Bertz CT molecular complexity index is 1440. The van der Waals surface area contributed by atoms with Crippen molar-refractivity contribution in [3.8, 4) is 0 Å². The zero-order valence-electron chi connectivity index (χ0n) is 23.3. The molecule has 0 saturated heterocycles. The van der Waals surface area contributed by atoms with Crippen molar-refractivity contribution in [3.63, 3.8) is 0 Å². The molecule has 1 atom stereocenters. The van der Waals surface area contributed by atoms with Crippen molar-refractivity contribution in [2.75, 3.05) is 17.1 Å². The van der Waals surface area contributed by atoms with E-state index in [4.69, 9.17) is 11.6 Å². The van der Waals surface area contributed by atoms with Crippen LogP contribution in [0.25, 0.3) is 0 Å². The third kappa shape index (κ3) is 8.79. The average Bonchev–Trinajstić information content (AvgIpc) is 2.86. The molecule has 0 spiro atoms. The van der Waals surface area contributed by atoms with E-state index >= 15 is 0 Å². The van der Waals surface area contributed by atoms with Gasteiger partial charge in [0.1, 0.15) is 18.4 Å². The number of sulfonamides is 1. The molecule has 214 valence electrons. The Labute approximate surface area is 241 Å². The van der Waals surface area contributed by atoms with Crippen LogP contribution in [0.1, 0.15) is 37.5 Å². The van der Waals surface area contributed by atoms with E-state index in [0.717, 1.165) is 39.4 Å².